The molecular formula is C25H23N3O3. The van der Waals surface area contributed by atoms with Crippen LogP contribution in [-0.4, -0.2) is 43.9 Å². The summed E-state index contributed by atoms with van der Waals surface area (Å²) in [5, 5.41) is 9.83. The summed E-state index contributed by atoms with van der Waals surface area (Å²) in [6.45, 7) is 3.88. The second-order valence-electron chi connectivity index (χ2n) is 7.26. The number of esters is 1. The number of anilines is 1. The van der Waals surface area contributed by atoms with Gasteiger partial charge in [0.25, 0.3) is 0 Å². The fourth-order valence-corrected chi connectivity index (χ4v) is 3.71. The van der Waals surface area contributed by atoms with Gasteiger partial charge >= 0.3 is 5.97 Å². The molecule has 0 radical (unpaired) electrons. The van der Waals surface area contributed by atoms with Gasteiger partial charge in [0.05, 0.1) is 43.9 Å². The second kappa shape index (κ2) is 9.38. The topological polar surface area (TPSA) is 67.5 Å². The molecular weight excluding hydrogens is 390 g/mol. The van der Waals surface area contributed by atoms with Crippen LogP contribution in [-0.2, 0) is 16.0 Å². The molecule has 6 heteroatoms. The van der Waals surface area contributed by atoms with E-state index in [0.717, 1.165) is 48.3 Å². The maximum absolute atomic E-state index is 12.0. The third-order valence-electron chi connectivity index (χ3n) is 5.35. The number of aromatic nitrogens is 1. The molecule has 0 bridgehead atoms. The molecule has 2 heterocycles. The van der Waals surface area contributed by atoms with Crippen molar-refractivity contribution in [3.63, 3.8) is 0 Å². The molecule has 4 rings (SSSR count). The molecule has 1 fully saturated rings. The smallest absolute Gasteiger partial charge is 0.337 e. The number of methoxy groups -OCH3 is 1. The van der Waals surface area contributed by atoms with Gasteiger partial charge in [-0.25, -0.2) is 4.79 Å². The maximum Gasteiger partial charge on any atom is 0.337 e. The lowest BCUT2D eigenvalue weighted by molar-refractivity contribution is 0.0601. The Morgan fingerprint density at radius 1 is 1.13 bits per heavy atom. The Bertz CT molecular complexity index is 1190. The van der Waals surface area contributed by atoms with E-state index in [1.165, 1.54) is 12.8 Å². The van der Waals surface area contributed by atoms with Crippen LogP contribution in [0, 0.1) is 23.2 Å². The van der Waals surface area contributed by atoms with Gasteiger partial charge in [0.2, 0.25) is 0 Å². The molecule has 0 unspecified atom stereocenters. The highest BCUT2D eigenvalue weighted by atomic mass is 16.5. The summed E-state index contributed by atoms with van der Waals surface area (Å²) in [6.07, 6.45) is 2.34. The molecule has 1 aliphatic rings. The summed E-state index contributed by atoms with van der Waals surface area (Å²) in [7, 11) is 1.37. The highest BCUT2D eigenvalue weighted by Gasteiger charge is 2.12. The summed E-state index contributed by atoms with van der Waals surface area (Å²) >= 11 is 0. The van der Waals surface area contributed by atoms with Gasteiger partial charge in [-0.1, -0.05) is 11.8 Å². The van der Waals surface area contributed by atoms with Crippen molar-refractivity contribution in [1.29, 1.82) is 5.26 Å². The number of benzene rings is 2. The van der Waals surface area contributed by atoms with E-state index in [-0.39, 0.29) is 5.97 Å². The molecule has 0 N–H and O–H groups in total. The monoisotopic (exact) mass is 413 g/mol. The van der Waals surface area contributed by atoms with E-state index in [1.807, 2.05) is 29.0 Å². The van der Waals surface area contributed by atoms with Crippen molar-refractivity contribution in [3.05, 3.63) is 65.4 Å². The van der Waals surface area contributed by atoms with Crippen LogP contribution in [0.15, 0.2) is 48.7 Å². The predicted molar refractivity (Wildman–Crippen MR) is 119 cm³/mol. The van der Waals surface area contributed by atoms with Crippen LogP contribution in [0.3, 0.4) is 0 Å². The first-order valence-electron chi connectivity index (χ1n) is 10.2. The van der Waals surface area contributed by atoms with Crippen molar-refractivity contribution < 1.29 is 14.3 Å². The molecule has 3 aromatic rings. The predicted octanol–water partition coefficient (Wildman–Crippen LogP) is 3.58. The average Bonchev–Trinajstić information content (AvgIpc) is 3.18. The zero-order valence-corrected chi connectivity index (χ0v) is 17.4. The number of carbonyl (C=O) groups is 1. The van der Waals surface area contributed by atoms with E-state index in [0.29, 0.717) is 18.5 Å². The van der Waals surface area contributed by atoms with Crippen LogP contribution in [0.5, 0.6) is 0 Å². The number of hydrogen-bond donors (Lipinski definition) is 0. The lowest BCUT2D eigenvalue weighted by atomic mass is 10.1. The minimum atomic E-state index is -0.385. The van der Waals surface area contributed by atoms with Gasteiger partial charge in [-0.2, -0.15) is 5.26 Å². The number of rotatable bonds is 4. The van der Waals surface area contributed by atoms with E-state index < -0.39 is 0 Å². The van der Waals surface area contributed by atoms with Crippen LogP contribution in [0.25, 0.3) is 10.9 Å². The van der Waals surface area contributed by atoms with Crippen molar-refractivity contribution in [2.45, 2.75) is 13.0 Å². The normalized spacial score (nSPS) is 13.4. The Balaban J connectivity index is 1.65. The van der Waals surface area contributed by atoms with Crippen molar-refractivity contribution in [2.75, 3.05) is 38.3 Å². The molecule has 0 saturated carbocycles. The fraction of sp³-hybridized carbons (Fsp3) is 0.280. The van der Waals surface area contributed by atoms with Crippen molar-refractivity contribution in [1.82, 2.24) is 4.57 Å². The molecule has 0 amide bonds. The van der Waals surface area contributed by atoms with E-state index in [1.54, 1.807) is 12.1 Å². The SMILES string of the molecule is COC(=O)c1ccc2c(c1)c(C#Cc1ccc(N3CCOCC3)cc1)cn2CCC#N. The molecule has 6 nitrogen and oxygen atoms in total. The number of nitrogens with zero attached hydrogens (tertiary/aromatic N) is 3. The summed E-state index contributed by atoms with van der Waals surface area (Å²) < 4.78 is 12.3. The van der Waals surface area contributed by atoms with E-state index in [4.69, 9.17) is 14.7 Å². The minimum absolute atomic E-state index is 0.385. The molecule has 2 aromatic carbocycles. The summed E-state index contributed by atoms with van der Waals surface area (Å²) in [5.41, 5.74) is 4.32. The number of carbonyl (C=O) groups excluding carboxylic acids is 1. The van der Waals surface area contributed by atoms with Gasteiger partial charge in [-0.3, -0.25) is 0 Å². The van der Waals surface area contributed by atoms with Crippen LogP contribution in [0.4, 0.5) is 5.69 Å². The van der Waals surface area contributed by atoms with Gasteiger partial charge in [-0.15, -0.1) is 0 Å². The number of fused-ring (bicyclic) bond motifs is 1. The van der Waals surface area contributed by atoms with Gasteiger partial charge in [0, 0.05) is 48.0 Å². The third kappa shape index (κ3) is 4.55. The van der Waals surface area contributed by atoms with E-state index >= 15 is 0 Å². The number of ether oxygens (including phenoxy) is 2. The van der Waals surface area contributed by atoms with E-state index in [9.17, 15) is 4.79 Å². The Morgan fingerprint density at radius 2 is 1.90 bits per heavy atom. The third-order valence-corrected chi connectivity index (χ3v) is 5.35. The zero-order valence-electron chi connectivity index (χ0n) is 17.4. The first-order chi connectivity index (χ1) is 15.2. The molecule has 1 saturated heterocycles. The van der Waals surface area contributed by atoms with Gasteiger partial charge in [0.15, 0.2) is 0 Å². The van der Waals surface area contributed by atoms with Crippen molar-refractivity contribution in [2.24, 2.45) is 0 Å². The Hall–Kier alpha value is -3.74. The number of nitriles is 1. The highest BCUT2D eigenvalue weighted by molar-refractivity contribution is 5.96. The quantitative estimate of drug-likeness (QED) is 0.483. The molecule has 1 aromatic heterocycles. The molecule has 1 aliphatic heterocycles. The van der Waals surface area contributed by atoms with Crippen LogP contribution in [0.2, 0.25) is 0 Å². The van der Waals surface area contributed by atoms with Gasteiger partial charge < -0.3 is 18.9 Å². The maximum atomic E-state index is 12.0. The van der Waals surface area contributed by atoms with Crippen LogP contribution in [0.1, 0.15) is 27.9 Å². The molecule has 156 valence electrons. The first kappa shape index (κ1) is 20.5. The first-order valence-corrected chi connectivity index (χ1v) is 10.2. The molecule has 0 spiro atoms. The number of hydrogen-bond acceptors (Lipinski definition) is 5. The average molecular weight is 413 g/mol. The second-order valence-corrected chi connectivity index (χ2v) is 7.26. The lowest BCUT2D eigenvalue weighted by Gasteiger charge is -2.28. The summed E-state index contributed by atoms with van der Waals surface area (Å²) in [6, 6.07) is 15.8. The number of aryl methyl sites for hydroxylation is 1. The molecule has 31 heavy (non-hydrogen) atoms. The molecule has 0 aliphatic carbocycles. The Morgan fingerprint density at radius 3 is 2.61 bits per heavy atom. The van der Waals surface area contributed by atoms with Crippen LogP contribution < -0.4 is 4.90 Å². The van der Waals surface area contributed by atoms with E-state index in [2.05, 4.69) is 34.9 Å². The van der Waals surface area contributed by atoms with Crippen LogP contribution >= 0.6 is 0 Å². The van der Waals surface area contributed by atoms with Crippen molar-refractivity contribution >= 4 is 22.6 Å². The standard InChI is InChI=1S/C25H23N3O3/c1-30-25(29)20-7-10-24-23(17-20)21(18-28(24)12-2-11-26)6-3-19-4-8-22(9-5-19)27-13-15-31-16-14-27/h4-5,7-10,17-18H,2,12-16H2,1H3. The Kier molecular flexibility index (Phi) is 6.21. The van der Waals surface area contributed by atoms with Gasteiger partial charge in [0.1, 0.15) is 0 Å². The zero-order chi connectivity index (χ0) is 21.6. The van der Waals surface area contributed by atoms with Gasteiger partial charge in [-0.05, 0) is 42.5 Å². The van der Waals surface area contributed by atoms with Crippen molar-refractivity contribution in [3.8, 4) is 17.9 Å². The minimum Gasteiger partial charge on any atom is -0.465 e. The highest BCUT2D eigenvalue weighted by Crippen LogP contribution is 2.24. The summed E-state index contributed by atoms with van der Waals surface area (Å²) in [5.74, 6) is 6.09. The largest absolute Gasteiger partial charge is 0.465 e. The fourth-order valence-electron chi connectivity index (χ4n) is 3.71. The Labute approximate surface area is 181 Å². The lowest BCUT2D eigenvalue weighted by Crippen LogP contribution is -2.36. The number of morpholine rings is 1. The molecule has 0 atom stereocenters. The summed E-state index contributed by atoms with van der Waals surface area (Å²) in [4.78, 5) is 14.3.